The van der Waals surface area contributed by atoms with E-state index in [0.717, 1.165) is 54.5 Å². The smallest absolute Gasteiger partial charge is 0.100 e. The maximum absolute atomic E-state index is 10.2. The Morgan fingerprint density at radius 2 is 2.09 bits per heavy atom. The van der Waals surface area contributed by atoms with Crippen LogP contribution in [-0.4, -0.2) is 18.8 Å². The minimum absolute atomic E-state index is 0.361. The molecule has 3 heteroatoms. The molecule has 3 rings (SSSR count). The highest BCUT2D eigenvalue weighted by atomic mass is 14.9. The number of rotatable bonds is 12. The maximum atomic E-state index is 10.2. The van der Waals surface area contributed by atoms with E-state index >= 15 is 0 Å². The molecule has 0 amide bonds. The van der Waals surface area contributed by atoms with Gasteiger partial charge in [-0.1, -0.05) is 66.6 Å². The summed E-state index contributed by atoms with van der Waals surface area (Å²) in [6, 6.07) is 9.30. The molecule has 0 aliphatic heterocycles. The second kappa shape index (κ2) is 13.0. The molecule has 182 valence electrons. The molecule has 3 nitrogen and oxygen atoms in total. The van der Waals surface area contributed by atoms with Gasteiger partial charge in [-0.3, -0.25) is 4.99 Å². The van der Waals surface area contributed by atoms with Crippen LogP contribution >= 0.6 is 0 Å². The van der Waals surface area contributed by atoms with Gasteiger partial charge in [0.05, 0.1) is 11.3 Å². The number of nitrogens with zero attached hydrogens (tertiary/aromatic N) is 2. The summed E-state index contributed by atoms with van der Waals surface area (Å²) in [5, 5.41) is 13.8. The van der Waals surface area contributed by atoms with Crippen molar-refractivity contribution < 1.29 is 0 Å². The number of nitrogens with one attached hydrogen (secondary N) is 1. The fraction of sp³-hybridized carbons (Fsp3) is 0.375. The minimum Gasteiger partial charge on any atom is -0.310 e. The fourth-order valence-corrected chi connectivity index (χ4v) is 4.68. The van der Waals surface area contributed by atoms with Crippen molar-refractivity contribution in [1.29, 1.82) is 5.26 Å². The number of allylic oxidation sites excluding steroid dienone is 5. The van der Waals surface area contributed by atoms with Crippen molar-refractivity contribution >= 4 is 11.8 Å². The van der Waals surface area contributed by atoms with Gasteiger partial charge in [0, 0.05) is 24.4 Å². The van der Waals surface area contributed by atoms with E-state index in [2.05, 4.69) is 68.4 Å². The molecule has 1 atom stereocenters. The maximum Gasteiger partial charge on any atom is 0.100 e. The van der Waals surface area contributed by atoms with Crippen LogP contribution in [0, 0.1) is 24.2 Å². The summed E-state index contributed by atoms with van der Waals surface area (Å²) in [6.07, 6.45) is 17.6. The highest BCUT2D eigenvalue weighted by Crippen LogP contribution is 2.40. The molecular weight excluding hydrogens is 426 g/mol. The zero-order chi connectivity index (χ0) is 25.2. The molecule has 1 aromatic carbocycles. The average Bonchev–Trinajstić information content (AvgIpc) is 2.97. The summed E-state index contributed by atoms with van der Waals surface area (Å²) in [7, 11) is 0. The number of benzene rings is 1. The van der Waals surface area contributed by atoms with E-state index < -0.39 is 0 Å². The molecule has 35 heavy (non-hydrogen) atoms. The Bertz CT molecular complexity index is 1120. The summed E-state index contributed by atoms with van der Waals surface area (Å²) < 4.78 is 0. The number of fused-ring (bicyclic) bond motifs is 1. The molecule has 0 saturated heterocycles. The monoisotopic (exact) mass is 465 g/mol. The Kier molecular flexibility index (Phi) is 9.82. The minimum atomic E-state index is 0.361. The number of nitriles is 1. The summed E-state index contributed by atoms with van der Waals surface area (Å²) in [5.74, 6) is 0.599. The first-order valence-electron chi connectivity index (χ1n) is 12.8. The van der Waals surface area contributed by atoms with Gasteiger partial charge >= 0.3 is 0 Å². The Hall–Kier alpha value is -3.22. The molecule has 0 radical (unpaired) electrons. The number of aliphatic imine (C=N–C) groups is 1. The summed E-state index contributed by atoms with van der Waals surface area (Å²) in [4.78, 5) is 4.76. The summed E-state index contributed by atoms with van der Waals surface area (Å²) in [6.45, 7) is 16.8. The Balaban J connectivity index is 1.86. The van der Waals surface area contributed by atoms with Crippen molar-refractivity contribution in [1.82, 2.24) is 5.32 Å². The lowest BCUT2D eigenvalue weighted by molar-refractivity contribution is 0.362. The summed E-state index contributed by atoms with van der Waals surface area (Å²) in [5.41, 5.74) is 8.07. The Labute approximate surface area is 212 Å². The van der Waals surface area contributed by atoms with E-state index in [4.69, 9.17) is 4.99 Å². The normalized spacial score (nSPS) is 17.2. The van der Waals surface area contributed by atoms with Gasteiger partial charge in [0.25, 0.3) is 0 Å². The van der Waals surface area contributed by atoms with Crippen LogP contribution in [0.1, 0.15) is 62.1 Å². The predicted molar refractivity (Wildman–Crippen MR) is 150 cm³/mol. The third-order valence-electron chi connectivity index (χ3n) is 7.10. The molecule has 2 aliphatic carbocycles. The van der Waals surface area contributed by atoms with Crippen molar-refractivity contribution in [3.05, 3.63) is 101 Å². The van der Waals surface area contributed by atoms with Crippen molar-refractivity contribution in [2.75, 3.05) is 6.54 Å². The number of hydrogen-bond acceptors (Lipinski definition) is 3. The number of aryl methyl sites for hydroxylation is 1. The van der Waals surface area contributed by atoms with Crippen LogP contribution in [0.5, 0.6) is 0 Å². The highest BCUT2D eigenvalue weighted by Gasteiger charge is 2.26. The molecule has 1 fully saturated rings. The predicted octanol–water partition coefficient (Wildman–Crippen LogP) is 7.59. The van der Waals surface area contributed by atoms with E-state index in [1.807, 2.05) is 25.3 Å². The standard InChI is InChI=1S/C32H39N3/c1-6-9-14-29(11-7-2)35-22-25(8-3)21-34-24(5)30-19-28(26-12-10-13-26)18-27-16-15-23(4)17-31(27)32(30)20-33/h6-8,15-17,19,21,26,29,35H,1-2,5,9-14,18,22H2,3-4H3/b25-8+,34-21?. The van der Waals surface area contributed by atoms with Crippen molar-refractivity contribution in [2.24, 2.45) is 10.9 Å². The van der Waals surface area contributed by atoms with Crippen LogP contribution in [0.4, 0.5) is 0 Å². The van der Waals surface area contributed by atoms with Crippen LogP contribution in [0.15, 0.2) is 89.6 Å². The van der Waals surface area contributed by atoms with Crippen LogP contribution < -0.4 is 5.32 Å². The van der Waals surface area contributed by atoms with Gasteiger partial charge < -0.3 is 5.32 Å². The number of hydrogen-bond donors (Lipinski definition) is 1. The SMILES string of the molecule is C=CCCC(CC=C)NC/C(C=NC(=C)C1=C(C#N)c2cc(C)ccc2CC(C2CCC2)=C1)=C/C. The lowest BCUT2D eigenvalue weighted by atomic mass is 9.77. The van der Waals surface area contributed by atoms with Crippen LogP contribution in [0.2, 0.25) is 0 Å². The summed E-state index contributed by atoms with van der Waals surface area (Å²) >= 11 is 0. The molecule has 0 heterocycles. The van der Waals surface area contributed by atoms with E-state index in [9.17, 15) is 5.26 Å². The first-order chi connectivity index (χ1) is 17.0. The van der Waals surface area contributed by atoms with Gasteiger partial charge in [0.1, 0.15) is 6.07 Å². The molecule has 0 aromatic heterocycles. The van der Waals surface area contributed by atoms with E-state index in [-0.39, 0.29) is 0 Å². The second-order valence-electron chi connectivity index (χ2n) is 9.62. The zero-order valence-electron chi connectivity index (χ0n) is 21.4. The largest absolute Gasteiger partial charge is 0.310 e. The molecular formula is C32H39N3. The molecule has 1 aromatic rings. The first kappa shape index (κ1) is 26.4. The molecule has 2 aliphatic rings. The Morgan fingerprint density at radius 1 is 1.29 bits per heavy atom. The molecule has 1 N–H and O–H groups in total. The van der Waals surface area contributed by atoms with E-state index in [1.165, 1.54) is 30.4 Å². The van der Waals surface area contributed by atoms with E-state index in [1.54, 1.807) is 0 Å². The van der Waals surface area contributed by atoms with Crippen molar-refractivity contribution in [3.63, 3.8) is 0 Å². The van der Waals surface area contributed by atoms with Crippen LogP contribution in [0.3, 0.4) is 0 Å². The van der Waals surface area contributed by atoms with Gasteiger partial charge in [-0.15, -0.1) is 13.2 Å². The van der Waals surface area contributed by atoms with E-state index in [0.29, 0.717) is 23.2 Å². The topological polar surface area (TPSA) is 48.2 Å². The van der Waals surface area contributed by atoms with Gasteiger partial charge in [-0.25, -0.2) is 0 Å². The quantitative estimate of drug-likeness (QED) is 0.255. The Morgan fingerprint density at radius 3 is 2.71 bits per heavy atom. The third-order valence-corrected chi connectivity index (χ3v) is 7.10. The second-order valence-corrected chi connectivity index (χ2v) is 9.62. The average molecular weight is 466 g/mol. The van der Waals surface area contributed by atoms with Crippen molar-refractivity contribution in [3.8, 4) is 6.07 Å². The van der Waals surface area contributed by atoms with Crippen LogP contribution in [-0.2, 0) is 6.42 Å². The zero-order valence-corrected chi connectivity index (χ0v) is 21.4. The van der Waals surface area contributed by atoms with Crippen LogP contribution in [0.25, 0.3) is 5.57 Å². The van der Waals surface area contributed by atoms with Crippen molar-refractivity contribution in [2.45, 2.75) is 64.8 Å². The lowest BCUT2D eigenvalue weighted by Gasteiger charge is -2.28. The molecule has 1 unspecified atom stereocenters. The lowest BCUT2D eigenvalue weighted by Crippen LogP contribution is -2.30. The van der Waals surface area contributed by atoms with Gasteiger partial charge in [0.2, 0.25) is 0 Å². The molecule has 1 saturated carbocycles. The molecule has 0 spiro atoms. The first-order valence-corrected chi connectivity index (χ1v) is 12.8. The van der Waals surface area contributed by atoms with Gasteiger partial charge in [-0.05, 0) is 75.0 Å². The fourth-order valence-electron chi connectivity index (χ4n) is 4.68. The van der Waals surface area contributed by atoms with Gasteiger partial charge in [-0.2, -0.15) is 5.26 Å². The molecule has 0 bridgehead atoms. The van der Waals surface area contributed by atoms with Gasteiger partial charge in [0.15, 0.2) is 0 Å². The highest BCUT2D eigenvalue weighted by molar-refractivity contribution is 5.88. The third kappa shape index (κ3) is 6.90.